The van der Waals surface area contributed by atoms with Crippen LogP contribution in [0.5, 0.6) is 0 Å². The van der Waals surface area contributed by atoms with Crippen LogP contribution < -0.4 is 5.32 Å². The second kappa shape index (κ2) is 5.55. The third-order valence-corrected chi connectivity index (χ3v) is 2.20. The van der Waals surface area contributed by atoms with Gasteiger partial charge in [-0.05, 0) is 24.6 Å². The van der Waals surface area contributed by atoms with Gasteiger partial charge < -0.3 is 10.4 Å². The zero-order valence-electron chi connectivity index (χ0n) is 9.78. The van der Waals surface area contributed by atoms with Crippen LogP contribution in [-0.4, -0.2) is 17.0 Å². The van der Waals surface area contributed by atoms with Gasteiger partial charge in [0.2, 0.25) is 5.91 Å². The van der Waals surface area contributed by atoms with Crippen molar-refractivity contribution in [2.24, 2.45) is 0 Å². The van der Waals surface area contributed by atoms with Gasteiger partial charge in [0.25, 0.3) is 0 Å². The molecule has 4 nitrogen and oxygen atoms in total. The number of aryl methyl sites for hydroxylation is 1. The van der Waals surface area contributed by atoms with Crippen molar-refractivity contribution in [2.75, 3.05) is 5.32 Å². The van der Waals surface area contributed by atoms with Crippen molar-refractivity contribution in [3.8, 4) is 0 Å². The number of benzene rings is 1. The lowest BCUT2D eigenvalue weighted by atomic mass is 10.1. The number of alkyl halides is 3. The topological polar surface area (TPSA) is 66.4 Å². The van der Waals surface area contributed by atoms with E-state index in [1.807, 2.05) is 0 Å². The monoisotopic (exact) mass is 273 g/mol. The smallest absolute Gasteiger partial charge is 0.416 e. The molecule has 0 aliphatic heterocycles. The van der Waals surface area contributed by atoms with Crippen molar-refractivity contribution in [1.29, 1.82) is 0 Å². The third-order valence-electron chi connectivity index (χ3n) is 2.20. The van der Waals surface area contributed by atoms with E-state index in [9.17, 15) is 22.8 Å². The van der Waals surface area contributed by atoms with E-state index in [0.717, 1.165) is 18.2 Å². The van der Waals surface area contributed by atoms with Gasteiger partial charge in [0.15, 0.2) is 0 Å². The lowest BCUT2D eigenvalue weighted by molar-refractivity contribution is -0.137. The number of nitrogens with one attached hydrogen (secondary N) is 1. The normalized spacial score (nSPS) is 11.6. The minimum atomic E-state index is -4.51. The maximum absolute atomic E-state index is 12.5. The quantitative estimate of drug-likeness (QED) is 0.832. The third kappa shape index (κ3) is 4.46. The Morgan fingerprint density at radius 2 is 1.89 bits per heavy atom. The molecule has 2 N–H and O–H groups in total. The number of hydrogen-bond donors (Lipinski definition) is 2. The molecular weight excluding hydrogens is 263 g/mol. The number of carbonyl (C=O) groups excluding carboxylic acids is 1. The van der Waals surface area contributed by atoms with Crippen LogP contribution in [-0.2, 0) is 15.8 Å². The molecule has 0 bridgehead atoms. The molecule has 0 aliphatic rings. The van der Waals surface area contributed by atoms with Crippen molar-refractivity contribution >= 4 is 17.6 Å². The zero-order valence-corrected chi connectivity index (χ0v) is 9.78. The largest absolute Gasteiger partial charge is 0.478 e. The van der Waals surface area contributed by atoms with E-state index >= 15 is 0 Å². The predicted octanol–water partition coefficient (Wildman–Crippen LogP) is 2.59. The van der Waals surface area contributed by atoms with Gasteiger partial charge in [-0.3, -0.25) is 4.79 Å². The summed E-state index contributed by atoms with van der Waals surface area (Å²) in [6, 6.07) is 2.92. The fourth-order valence-electron chi connectivity index (χ4n) is 1.25. The first-order valence-electron chi connectivity index (χ1n) is 5.10. The van der Waals surface area contributed by atoms with Crippen molar-refractivity contribution < 1.29 is 27.9 Å². The van der Waals surface area contributed by atoms with E-state index in [1.54, 1.807) is 0 Å². The Morgan fingerprint density at radius 1 is 1.26 bits per heavy atom. The number of rotatable bonds is 3. The molecule has 0 aromatic heterocycles. The Bertz CT molecular complexity index is 536. The van der Waals surface area contributed by atoms with Gasteiger partial charge in [0.05, 0.1) is 5.56 Å². The predicted molar refractivity (Wildman–Crippen MR) is 61.6 cm³/mol. The summed E-state index contributed by atoms with van der Waals surface area (Å²) in [6.45, 7) is 1.52. The lowest BCUT2D eigenvalue weighted by Gasteiger charge is -2.11. The molecule has 0 fully saturated rings. The molecule has 0 saturated heterocycles. The minimum absolute atomic E-state index is 0.0186. The van der Waals surface area contributed by atoms with Gasteiger partial charge >= 0.3 is 12.1 Å². The number of carboxylic acid groups (broad SMARTS) is 1. The highest BCUT2D eigenvalue weighted by molar-refractivity contribution is 6.02. The summed E-state index contributed by atoms with van der Waals surface area (Å²) < 4.78 is 37.5. The molecule has 7 heteroatoms. The average molecular weight is 273 g/mol. The van der Waals surface area contributed by atoms with Gasteiger partial charge in [-0.1, -0.05) is 6.07 Å². The van der Waals surface area contributed by atoms with Gasteiger partial charge in [0, 0.05) is 17.8 Å². The maximum Gasteiger partial charge on any atom is 0.416 e. The molecule has 1 amide bonds. The molecule has 0 atom stereocenters. The Labute approximate surface area is 106 Å². The fourth-order valence-corrected chi connectivity index (χ4v) is 1.25. The van der Waals surface area contributed by atoms with Crippen LogP contribution in [0.3, 0.4) is 0 Å². The van der Waals surface area contributed by atoms with Crippen molar-refractivity contribution in [3.05, 3.63) is 41.5 Å². The van der Waals surface area contributed by atoms with Crippen LogP contribution in [0.1, 0.15) is 11.1 Å². The highest BCUT2D eigenvalue weighted by atomic mass is 19.4. The summed E-state index contributed by atoms with van der Waals surface area (Å²) in [5.74, 6) is -2.14. The number of carbonyl (C=O) groups is 2. The second-order valence-electron chi connectivity index (χ2n) is 3.69. The molecule has 1 aromatic carbocycles. The minimum Gasteiger partial charge on any atom is -0.478 e. The molecular formula is C12H10F3NO3. The van der Waals surface area contributed by atoms with E-state index in [1.165, 1.54) is 13.0 Å². The molecule has 1 rings (SSSR count). The Balaban J connectivity index is 2.95. The summed E-state index contributed by atoms with van der Waals surface area (Å²) in [5.41, 5.74) is -0.476. The number of halogens is 3. The average Bonchev–Trinajstić information content (AvgIpc) is 2.28. The van der Waals surface area contributed by atoms with Crippen LogP contribution in [0, 0.1) is 6.92 Å². The lowest BCUT2D eigenvalue weighted by Crippen LogP contribution is -2.12. The highest BCUT2D eigenvalue weighted by Crippen LogP contribution is 2.31. The van der Waals surface area contributed by atoms with Crippen molar-refractivity contribution in [1.82, 2.24) is 0 Å². The zero-order chi connectivity index (χ0) is 14.6. The SMILES string of the molecule is Cc1ccc(C(F)(F)F)cc1NC(=O)C=CC(=O)O. The molecule has 0 spiro atoms. The molecule has 0 radical (unpaired) electrons. The Kier molecular flexibility index (Phi) is 4.31. The van der Waals surface area contributed by atoms with Crippen LogP contribution >= 0.6 is 0 Å². The number of anilines is 1. The van der Waals surface area contributed by atoms with Crippen LogP contribution in [0.25, 0.3) is 0 Å². The van der Waals surface area contributed by atoms with E-state index < -0.39 is 23.6 Å². The number of amides is 1. The van der Waals surface area contributed by atoms with Gasteiger partial charge in [-0.2, -0.15) is 13.2 Å². The van der Waals surface area contributed by atoms with Crippen molar-refractivity contribution in [2.45, 2.75) is 13.1 Å². The Hall–Kier alpha value is -2.31. The number of carboxylic acids is 1. The van der Waals surface area contributed by atoms with Crippen LogP contribution in [0.15, 0.2) is 30.4 Å². The van der Waals surface area contributed by atoms with Crippen molar-refractivity contribution in [3.63, 3.8) is 0 Å². The molecule has 0 aliphatic carbocycles. The summed E-state index contributed by atoms with van der Waals surface area (Å²) >= 11 is 0. The molecule has 0 saturated carbocycles. The van der Waals surface area contributed by atoms with Crippen LogP contribution in [0.4, 0.5) is 18.9 Å². The van der Waals surface area contributed by atoms with Gasteiger partial charge in [0.1, 0.15) is 0 Å². The maximum atomic E-state index is 12.5. The first-order valence-corrected chi connectivity index (χ1v) is 5.10. The first kappa shape index (κ1) is 14.7. The Morgan fingerprint density at radius 3 is 2.42 bits per heavy atom. The first-order chi connectivity index (χ1) is 8.70. The van der Waals surface area contributed by atoms with Gasteiger partial charge in [-0.25, -0.2) is 4.79 Å². The molecule has 0 unspecified atom stereocenters. The second-order valence-corrected chi connectivity index (χ2v) is 3.69. The molecule has 19 heavy (non-hydrogen) atoms. The number of hydrogen-bond acceptors (Lipinski definition) is 2. The summed E-state index contributed by atoms with van der Waals surface area (Å²) in [4.78, 5) is 21.5. The highest BCUT2D eigenvalue weighted by Gasteiger charge is 2.30. The summed E-state index contributed by atoms with van der Waals surface area (Å²) in [5, 5.41) is 10.5. The fraction of sp³-hybridized carbons (Fsp3) is 0.167. The summed E-state index contributed by atoms with van der Waals surface area (Å²) in [7, 11) is 0. The van der Waals surface area contributed by atoms with Crippen LogP contribution in [0.2, 0.25) is 0 Å². The van der Waals surface area contributed by atoms with E-state index in [0.29, 0.717) is 11.6 Å². The molecule has 102 valence electrons. The standard InChI is InChI=1S/C12H10F3NO3/c1-7-2-3-8(12(13,14)15)6-9(7)16-10(17)4-5-11(18)19/h2-6H,1H3,(H,16,17)(H,18,19). The number of aliphatic carboxylic acids is 1. The van der Waals surface area contributed by atoms with Gasteiger partial charge in [-0.15, -0.1) is 0 Å². The summed E-state index contributed by atoms with van der Waals surface area (Å²) in [6.07, 6.45) is -3.19. The van der Waals surface area contributed by atoms with E-state index in [2.05, 4.69) is 5.32 Å². The van der Waals surface area contributed by atoms with E-state index in [4.69, 9.17) is 5.11 Å². The molecule has 1 aromatic rings. The van der Waals surface area contributed by atoms with E-state index in [-0.39, 0.29) is 5.69 Å². The molecule has 0 heterocycles.